The first-order chi connectivity index (χ1) is 6.66. The fourth-order valence-electron chi connectivity index (χ4n) is 1.42. The summed E-state index contributed by atoms with van der Waals surface area (Å²) in [5.41, 5.74) is 0. The minimum atomic E-state index is -0.749. The molecule has 2 aliphatic heterocycles. The molecule has 2 aliphatic rings. The fraction of sp³-hybridized carbons (Fsp3) is 0.500. The van der Waals surface area contributed by atoms with E-state index in [2.05, 4.69) is 0 Å². The summed E-state index contributed by atoms with van der Waals surface area (Å²) in [5.74, 6) is -0.443. The lowest BCUT2D eigenvalue weighted by Crippen LogP contribution is -2.21. The number of fused-ring (bicyclic) bond motifs is 1. The molecule has 0 aliphatic carbocycles. The zero-order valence-corrected chi connectivity index (χ0v) is 7.79. The number of esters is 1. The van der Waals surface area contributed by atoms with Gasteiger partial charge in [0.25, 0.3) is 0 Å². The van der Waals surface area contributed by atoms with E-state index in [1.165, 1.54) is 12.2 Å². The van der Waals surface area contributed by atoms with Gasteiger partial charge in [-0.3, -0.25) is 0 Å². The molecule has 14 heavy (non-hydrogen) atoms. The van der Waals surface area contributed by atoms with Crippen molar-refractivity contribution in [2.45, 2.75) is 31.3 Å². The van der Waals surface area contributed by atoms with E-state index in [4.69, 9.17) is 9.47 Å². The van der Waals surface area contributed by atoms with Gasteiger partial charge in [-0.1, -0.05) is 12.2 Å². The molecule has 0 saturated carbocycles. The molecule has 0 bridgehead atoms. The number of cyclic esters (lactones) is 1. The van der Waals surface area contributed by atoms with E-state index >= 15 is 0 Å². The van der Waals surface area contributed by atoms with Crippen LogP contribution in [0.1, 0.15) is 6.92 Å². The largest absolute Gasteiger partial charge is 0.457 e. The van der Waals surface area contributed by atoms with E-state index in [0.29, 0.717) is 0 Å². The predicted molar refractivity (Wildman–Crippen MR) is 48.5 cm³/mol. The standard InChI is InChI=1S/C10H12O4/c1-6-10-8(14-10)4-2-7(11)3-5-9(12)13-6/h2-8,10-11H,1H3/b4-2-,5-3-/t6-,7-,8+,10-/m0/s1. The van der Waals surface area contributed by atoms with Crippen LogP contribution in [-0.4, -0.2) is 35.5 Å². The number of hydrogen-bond acceptors (Lipinski definition) is 4. The molecule has 1 saturated heterocycles. The van der Waals surface area contributed by atoms with Gasteiger partial charge in [-0.15, -0.1) is 0 Å². The third-order valence-electron chi connectivity index (χ3n) is 2.25. The van der Waals surface area contributed by atoms with Gasteiger partial charge in [0.1, 0.15) is 18.3 Å². The molecule has 4 heteroatoms. The van der Waals surface area contributed by atoms with E-state index in [1.54, 1.807) is 19.1 Å². The highest BCUT2D eigenvalue weighted by atomic mass is 16.6. The van der Waals surface area contributed by atoms with Crippen LogP contribution < -0.4 is 0 Å². The Kier molecular flexibility index (Phi) is 2.39. The molecule has 76 valence electrons. The Morgan fingerprint density at radius 1 is 1.36 bits per heavy atom. The van der Waals surface area contributed by atoms with Crippen molar-refractivity contribution in [2.75, 3.05) is 0 Å². The second kappa shape index (κ2) is 3.55. The number of epoxide rings is 1. The monoisotopic (exact) mass is 196 g/mol. The molecule has 0 aromatic carbocycles. The molecule has 0 spiro atoms. The lowest BCUT2D eigenvalue weighted by molar-refractivity contribution is -0.143. The van der Waals surface area contributed by atoms with Crippen LogP contribution in [0.4, 0.5) is 0 Å². The molecule has 0 unspecified atom stereocenters. The quantitative estimate of drug-likeness (QED) is 0.341. The predicted octanol–water partition coefficient (Wildman–Crippen LogP) is 0.172. The second-order valence-corrected chi connectivity index (χ2v) is 3.44. The maximum atomic E-state index is 11.1. The van der Waals surface area contributed by atoms with Crippen molar-refractivity contribution >= 4 is 5.97 Å². The van der Waals surface area contributed by atoms with E-state index in [0.717, 1.165) is 0 Å². The number of aliphatic hydroxyl groups excluding tert-OH is 1. The average molecular weight is 196 g/mol. The molecule has 0 aromatic rings. The summed E-state index contributed by atoms with van der Waals surface area (Å²) < 4.78 is 10.3. The molecule has 1 N–H and O–H groups in total. The van der Waals surface area contributed by atoms with Gasteiger partial charge in [0.2, 0.25) is 0 Å². The topological polar surface area (TPSA) is 59.1 Å². The first-order valence-electron chi connectivity index (χ1n) is 4.57. The number of ether oxygens (including phenoxy) is 2. The van der Waals surface area contributed by atoms with Gasteiger partial charge in [0.15, 0.2) is 0 Å². The van der Waals surface area contributed by atoms with Crippen LogP contribution in [0.15, 0.2) is 24.3 Å². The smallest absolute Gasteiger partial charge is 0.330 e. The molecule has 2 heterocycles. The Morgan fingerprint density at radius 3 is 2.93 bits per heavy atom. The van der Waals surface area contributed by atoms with Crippen LogP contribution in [0, 0.1) is 0 Å². The molecule has 1 fully saturated rings. The van der Waals surface area contributed by atoms with E-state index in [-0.39, 0.29) is 18.3 Å². The van der Waals surface area contributed by atoms with Gasteiger partial charge in [0.05, 0.1) is 6.10 Å². The van der Waals surface area contributed by atoms with Crippen LogP contribution in [0.3, 0.4) is 0 Å². The van der Waals surface area contributed by atoms with Crippen molar-refractivity contribution in [3.8, 4) is 0 Å². The van der Waals surface area contributed by atoms with E-state index in [1.807, 2.05) is 0 Å². The number of aliphatic hydroxyl groups is 1. The Hall–Kier alpha value is -1.13. The Balaban J connectivity index is 2.11. The highest BCUT2D eigenvalue weighted by Gasteiger charge is 2.43. The summed E-state index contributed by atoms with van der Waals surface area (Å²) in [6.45, 7) is 1.79. The van der Waals surface area contributed by atoms with Crippen LogP contribution in [0.2, 0.25) is 0 Å². The second-order valence-electron chi connectivity index (χ2n) is 3.44. The summed E-state index contributed by atoms with van der Waals surface area (Å²) in [5, 5.41) is 9.31. The number of hydrogen-bond donors (Lipinski definition) is 1. The third-order valence-corrected chi connectivity index (χ3v) is 2.25. The van der Waals surface area contributed by atoms with Crippen molar-refractivity contribution < 1.29 is 19.4 Å². The van der Waals surface area contributed by atoms with Crippen LogP contribution in [0.5, 0.6) is 0 Å². The average Bonchev–Trinajstić information content (AvgIpc) is 2.89. The molecule has 4 atom stereocenters. The molecule has 0 radical (unpaired) electrons. The molecule has 0 aromatic heterocycles. The normalized spacial score (nSPS) is 46.0. The third kappa shape index (κ3) is 2.02. The molecular weight excluding hydrogens is 184 g/mol. The summed E-state index contributed by atoms with van der Waals surface area (Å²) in [6, 6.07) is 0. The highest BCUT2D eigenvalue weighted by molar-refractivity contribution is 5.82. The summed E-state index contributed by atoms with van der Waals surface area (Å²) in [7, 11) is 0. The lowest BCUT2D eigenvalue weighted by Gasteiger charge is -2.09. The maximum Gasteiger partial charge on any atom is 0.330 e. The maximum absolute atomic E-state index is 11.1. The van der Waals surface area contributed by atoms with Crippen molar-refractivity contribution in [3.05, 3.63) is 24.3 Å². The minimum absolute atomic E-state index is 0.0288. The summed E-state index contributed by atoms with van der Waals surface area (Å²) in [6.07, 6.45) is 4.93. The van der Waals surface area contributed by atoms with Crippen molar-refractivity contribution in [3.63, 3.8) is 0 Å². The Bertz CT molecular complexity index is 294. The SMILES string of the molecule is C[C@@H]1OC(=O)/C=C\[C@@H](O)/C=C\[C@H]2O[C@@H]12. The summed E-state index contributed by atoms with van der Waals surface area (Å²) >= 11 is 0. The van der Waals surface area contributed by atoms with Crippen LogP contribution in [-0.2, 0) is 14.3 Å². The number of rotatable bonds is 0. The van der Waals surface area contributed by atoms with Gasteiger partial charge < -0.3 is 14.6 Å². The fourth-order valence-corrected chi connectivity index (χ4v) is 1.42. The van der Waals surface area contributed by atoms with E-state index in [9.17, 15) is 9.90 Å². The van der Waals surface area contributed by atoms with Gasteiger partial charge in [-0.25, -0.2) is 4.79 Å². The number of carbonyl (C=O) groups excluding carboxylic acids is 1. The van der Waals surface area contributed by atoms with Crippen molar-refractivity contribution in [1.29, 1.82) is 0 Å². The molecule has 4 nitrogen and oxygen atoms in total. The Morgan fingerprint density at radius 2 is 2.14 bits per heavy atom. The Labute approximate surface area is 81.8 Å². The summed E-state index contributed by atoms with van der Waals surface area (Å²) in [4.78, 5) is 11.1. The minimum Gasteiger partial charge on any atom is -0.457 e. The first-order valence-corrected chi connectivity index (χ1v) is 4.57. The van der Waals surface area contributed by atoms with Gasteiger partial charge in [-0.2, -0.15) is 0 Å². The van der Waals surface area contributed by atoms with Crippen LogP contribution >= 0.6 is 0 Å². The zero-order valence-electron chi connectivity index (χ0n) is 7.79. The van der Waals surface area contributed by atoms with Gasteiger partial charge in [-0.05, 0) is 13.0 Å². The van der Waals surface area contributed by atoms with Gasteiger partial charge >= 0.3 is 5.97 Å². The lowest BCUT2D eigenvalue weighted by atomic mass is 10.2. The highest BCUT2D eigenvalue weighted by Crippen LogP contribution is 2.28. The van der Waals surface area contributed by atoms with Gasteiger partial charge in [0, 0.05) is 6.08 Å². The van der Waals surface area contributed by atoms with E-state index < -0.39 is 12.1 Å². The molecule has 0 amide bonds. The molecular formula is C10H12O4. The van der Waals surface area contributed by atoms with Crippen LogP contribution in [0.25, 0.3) is 0 Å². The molecule has 2 rings (SSSR count). The first kappa shape index (κ1) is 9.43. The zero-order chi connectivity index (χ0) is 10.1. The number of carbonyl (C=O) groups is 1. The van der Waals surface area contributed by atoms with Crippen molar-refractivity contribution in [2.24, 2.45) is 0 Å². The van der Waals surface area contributed by atoms with Crippen molar-refractivity contribution in [1.82, 2.24) is 0 Å².